The highest BCUT2D eigenvalue weighted by Gasteiger charge is 2.22. The van der Waals surface area contributed by atoms with Crippen molar-refractivity contribution < 1.29 is 13.7 Å². The molecule has 0 aliphatic rings. The van der Waals surface area contributed by atoms with Gasteiger partial charge in [-0.1, -0.05) is 13.8 Å². The van der Waals surface area contributed by atoms with E-state index in [0.717, 1.165) is 10.9 Å². The molecule has 0 unspecified atom stereocenters. The summed E-state index contributed by atoms with van der Waals surface area (Å²) in [5, 5.41) is 14.4. The van der Waals surface area contributed by atoms with Gasteiger partial charge in [0.05, 0.1) is 4.92 Å². The van der Waals surface area contributed by atoms with Gasteiger partial charge in [-0.3, -0.25) is 14.8 Å². The van der Waals surface area contributed by atoms with Gasteiger partial charge in [-0.05, 0) is 0 Å². The van der Waals surface area contributed by atoms with Gasteiger partial charge in [0, 0.05) is 5.92 Å². The molecule has 0 N–H and O–H groups in total. The zero-order chi connectivity index (χ0) is 11.6. The highest BCUT2D eigenvalue weighted by Crippen LogP contribution is 2.24. The van der Waals surface area contributed by atoms with E-state index in [1.807, 2.05) is 0 Å². The first-order chi connectivity index (χ1) is 6.91. The number of nitro groups is 1. The van der Waals surface area contributed by atoms with Crippen LogP contribution in [0.15, 0.2) is 6.20 Å². The van der Waals surface area contributed by atoms with Crippen molar-refractivity contribution in [1.82, 2.24) is 9.78 Å². The Balaban J connectivity index is 3.04. The van der Waals surface area contributed by atoms with Crippen LogP contribution in [-0.2, 0) is 6.54 Å². The molecule has 5 nitrogen and oxygen atoms in total. The molecular formula is C8H11F2N3O2. The van der Waals surface area contributed by atoms with Gasteiger partial charge >= 0.3 is 5.69 Å². The van der Waals surface area contributed by atoms with Gasteiger partial charge in [0.15, 0.2) is 0 Å². The summed E-state index contributed by atoms with van der Waals surface area (Å²) in [7, 11) is 0. The number of hydrogen-bond acceptors (Lipinski definition) is 3. The van der Waals surface area contributed by atoms with E-state index in [0.29, 0.717) is 0 Å². The molecule has 0 spiro atoms. The molecule has 0 bridgehead atoms. The SMILES string of the molecule is CC(C)c1nn(CC(F)F)cc1[N+](=O)[O-]. The van der Waals surface area contributed by atoms with Crippen LogP contribution in [0.3, 0.4) is 0 Å². The van der Waals surface area contributed by atoms with Gasteiger partial charge in [-0.15, -0.1) is 0 Å². The fourth-order valence-corrected chi connectivity index (χ4v) is 1.21. The smallest absolute Gasteiger partial charge is 0.260 e. The molecule has 0 radical (unpaired) electrons. The fraction of sp³-hybridized carbons (Fsp3) is 0.625. The summed E-state index contributed by atoms with van der Waals surface area (Å²) in [6.07, 6.45) is -1.52. The minimum Gasteiger partial charge on any atom is -0.260 e. The third-order valence-electron chi connectivity index (χ3n) is 1.84. The Kier molecular flexibility index (Phi) is 3.33. The molecule has 0 saturated carbocycles. The molecule has 0 atom stereocenters. The van der Waals surface area contributed by atoms with Crippen LogP contribution in [-0.4, -0.2) is 21.1 Å². The number of hydrogen-bond donors (Lipinski definition) is 0. The van der Waals surface area contributed by atoms with Crippen molar-refractivity contribution in [3.8, 4) is 0 Å². The Labute approximate surface area is 84.8 Å². The average molecular weight is 219 g/mol. The molecule has 1 aromatic rings. The van der Waals surface area contributed by atoms with Crippen LogP contribution in [0.1, 0.15) is 25.5 Å². The van der Waals surface area contributed by atoms with Gasteiger partial charge in [0.25, 0.3) is 6.43 Å². The molecule has 1 aromatic heterocycles. The zero-order valence-electron chi connectivity index (χ0n) is 8.35. The lowest BCUT2D eigenvalue weighted by Crippen LogP contribution is -2.07. The van der Waals surface area contributed by atoms with Crippen LogP contribution in [0.5, 0.6) is 0 Å². The molecule has 7 heteroatoms. The lowest BCUT2D eigenvalue weighted by molar-refractivity contribution is -0.385. The van der Waals surface area contributed by atoms with E-state index < -0.39 is 17.9 Å². The van der Waals surface area contributed by atoms with E-state index in [-0.39, 0.29) is 17.3 Å². The second-order valence-electron chi connectivity index (χ2n) is 3.42. The van der Waals surface area contributed by atoms with Crippen LogP contribution in [0, 0.1) is 10.1 Å². The van der Waals surface area contributed by atoms with Crippen LogP contribution in [0.2, 0.25) is 0 Å². The van der Waals surface area contributed by atoms with E-state index in [9.17, 15) is 18.9 Å². The predicted molar refractivity (Wildman–Crippen MR) is 49.0 cm³/mol. The first-order valence-corrected chi connectivity index (χ1v) is 4.41. The molecule has 15 heavy (non-hydrogen) atoms. The highest BCUT2D eigenvalue weighted by molar-refractivity contribution is 5.34. The molecule has 84 valence electrons. The molecule has 1 heterocycles. The van der Waals surface area contributed by atoms with Crippen LogP contribution in [0.4, 0.5) is 14.5 Å². The largest absolute Gasteiger partial charge is 0.310 e. The van der Waals surface area contributed by atoms with Gasteiger partial charge in [0.2, 0.25) is 0 Å². The molecule has 0 aliphatic carbocycles. The zero-order valence-corrected chi connectivity index (χ0v) is 8.35. The van der Waals surface area contributed by atoms with Gasteiger partial charge in [-0.25, -0.2) is 8.78 Å². The summed E-state index contributed by atoms with van der Waals surface area (Å²) in [5.74, 6) is -0.163. The molecule has 1 rings (SSSR count). The summed E-state index contributed by atoms with van der Waals surface area (Å²) >= 11 is 0. The van der Waals surface area contributed by atoms with Gasteiger partial charge in [0.1, 0.15) is 18.4 Å². The number of aromatic nitrogens is 2. The van der Waals surface area contributed by atoms with E-state index >= 15 is 0 Å². The normalized spacial score (nSPS) is 11.3. The van der Waals surface area contributed by atoms with Crippen LogP contribution < -0.4 is 0 Å². The summed E-state index contributed by atoms with van der Waals surface area (Å²) < 4.78 is 25.0. The predicted octanol–water partition coefficient (Wildman–Crippen LogP) is 2.18. The first kappa shape index (κ1) is 11.5. The van der Waals surface area contributed by atoms with E-state index in [4.69, 9.17) is 0 Å². The number of halogens is 2. The van der Waals surface area contributed by atoms with Crippen LogP contribution >= 0.6 is 0 Å². The minimum absolute atomic E-state index is 0.163. The summed E-state index contributed by atoms with van der Waals surface area (Å²) in [6.45, 7) is 2.83. The second kappa shape index (κ2) is 4.33. The highest BCUT2D eigenvalue weighted by atomic mass is 19.3. The summed E-state index contributed by atoms with van der Waals surface area (Å²) in [5.41, 5.74) is 0.0336. The standard InChI is InChI=1S/C8H11F2N3O2/c1-5(2)8-6(13(14)15)3-12(11-8)4-7(9)10/h3,5,7H,4H2,1-2H3. The molecule has 0 aromatic carbocycles. The van der Waals surface area contributed by atoms with Crippen molar-refractivity contribution in [3.63, 3.8) is 0 Å². The lowest BCUT2D eigenvalue weighted by Gasteiger charge is -1.99. The Morgan fingerprint density at radius 1 is 1.60 bits per heavy atom. The van der Waals surface area contributed by atoms with E-state index in [1.54, 1.807) is 13.8 Å². The van der Waals surface area contributed by atoms with Crippen LogP contribution in [0.25, 0.3) is 0 Å². The summed E-state index contributed by atoms with van der Waals surface area (Å²) in [6, 6.07) is 0. The molecule has 0 amide bonds. The summed E-state index contributed by atoms with van der Waals surface area (Å²) in [4.78, 5) is 9.98. The van der Waals surface area contributed by atoms with Crippen molar-refractivity contribution in [2.24, 2.45) is 0 Å². The molecule has 0 aliphatic heterocycles. The average Bonchev–Trinajstić information content (AvgIpc) is 2.46. The quantitative estimate of drug-likeness (QED) is 0.576. The van der Waals surface area contributed by atoms with Gasteiger partial charge < -0.3 is 0 Å². The number of alkyl halides is 2. The Morgan fingerprint density at radius 3 is 2.53 bits per heavy atom. The maximum Gasteiger partial charge on any atom is 0.310 e. The maximum absolute atomic E-state index is 12.0. The molecular weight excluding hydrogens is 208 g/mol. The second-order valence-corrected chi connectivity index (χ2v) is 3.42. The fourth-order valence-electron chi connectivity index (χ4n) is 1.21. The lowest BCUT2D eigenvalue weighted by atomic mass is 10.1. The minimum atomic E-state index is -2.57. The Bertz CT molecular complexity index is 363. The van der Waals surface area contributed by atoms with E-state index in [2.05, 4.69) is 5.10 Å². The van der Waals surface area contributed by atoms with Crippen molar-refractivity contribution in [3.05, 3.63) is 22.0 Å². The monoisotopic (exact) mass is 219 g/mol. The van der Waals surface area contributed by atoms with Crippen molar-refractivity contribution in [2.45, 2.75) is 32.7 Å². The topological polar surface area (TPSA) is 61.0 Å². The van der Waals surface area contributed by atoms with Crippen molar-refractivity contribution in [2.75, 3.05) is 0 Å². The Hall–Kier alpha value is -1.53. The number of nitrogens with zero attached hydrogens (tertiary/aromatic N) is 3. The Morgan fingerprint density at radius 2 is 2.20 bits per heavy atom. The maximum atomic E-state index is 12.0. The third-order valence-corrected chi connectivity index (χ3v) is 1.84. The third kappa shape index (κ3) is 2.71. The van der Waals surface area contributed by atoms with Gasteiger partial charge in [-0.2, -0.15) is 5.10 Å². The van der Waals surface area contributed by atoms with Crippen molar-refractivity contribution >= 4 is 5.69 Å². The molecule has 0 saturated heterocycles. The molecule has 0 fully saturated rings. The number of rotatable bonds is 4. The van der Waals surface area contributed by atoms with Crippen molar-refractivity contribution in [1.29, 1.82) is 0 Å². The van der Waals surface area contributed by atoms with E-state index in [1.165, 1.54) is 0 Å². The first-order valence-electron chi connectivity index (χ1n) is 4.41.